The molecule has 13 atom stereocenters. The molecule has 1 saturated heterocycles. The van der Waals surface area contributed by atoms with Crippen molar-refractivity contribution in [3.63, 3.8) is 0 Å². The largest absolute Gasteiger partial charge is 0.462 e. The predicted molar refractivity (Wildman–Crippen MR) is 295 cm³/mol. The Hall–Kier alpha value is -4.21. The number of ether oxygens (including phenoxy) is 4. The predicted octanol–water partition coefficient (Wildman–Crippen LogP) is 10.2. The van der Waals surface area contributed by atoms with E-state index in [2.05, 4.69) is 184 Å². The molecule has 0 spiro atoms. The lowest BCUT2D eigenvalue weighted by Crippen LogP contribution is -2.73. The lowest BCUT2D eigenvalue weighted by Gasteiger charge is -2.65. The minimum absolute atomic E-state index is 0.0339. The van der Waals surface area contributed by atoms with Gasteiger partial charge >= 0.3 is 11.9 Å². The van der Waals surface area contributed by atoms with Crippen molar-refractivity contribution < 1.29 is 42.5 Å². The lowest BCUT2D eigenvalue weighted by molar-refractivity contribution is -0.272. The third-order valence-electron chi connectivity index (χ3n) is 19.7. The van der Waals surface area contributed by atoms with Gasteiger partial charge in [-0.3, -0.25) is 4.79 Å². The second-order valence-electron chi connectivity index (χ2n) is 25.6. The standard InChI is InChI=1S/C63H82O9Si2/c1-42-58(72-74(60(6,7)8,49-27-19-13-20-28-49)50-29-21-14-22-30-50)54(71-73(59(3,4)5,47-23-15-11-16-24-47)48-25-17-12-18-26-48)40-57(68-42)70-46-33-35-61(9)45(38-46)31-32-52-53(61)39-55(69-43(2)64)62(10)51(34-36-63(52,62)66)44-37-56(65)67-41-44/h11-30,37,42,45-46,51-55,57-58,66H,31-36,38-41H2,1-10H3/t42-,45-,46+,51-,52-,53+,54+,55-,57+,58-,61+,62+,63+/m1/s1. The highest BCUT2D eigenvalue weighted by atomic mass is 28.4. The second kappa shape index (κ2) is 20.0. The Morgan fingerprint density at radius 2 is 1.20 bits per heavy atom. The van der Waals surface area contributed by atoms with Gasteiger partial charge < -0.3 is 32.9 Å². The molecule has 4 aromatic rings. The van der Waals surface area contributed by atoms with Crippen LogP contribution >= 0.6 is 0 Å². The Bertz CT molecular complexity index is 2570. The van der Waals surface area contributed by atoms with E-state index in [0.717, 1.165) is 44.1 Å². The minimum atomic E-state index is -3.12. The number of esters is 2. The minimum Gasteiger partial charge on any atom is -0.462 e. The van der Waals surface area contributed by atoms with Crippen molar-refractivity contribution in [3.05, 3.63) is 133 Å². The molecular formula is C63H82O9Si2. The van der Waals surface area contributed by atoms with Crippen molar-refractivity contribution in [3.8, 4) is 0 Å². The van der Waals surface area contributed by atoms with Crippen LogP contribution in [0.15, 0.2) is 133 Å². The van der Waals surface area contributed by atoms with Crippen molar-refractivity contribution in [2.24, 2.45) is 34.5 Å². The number of hydrogen-bond acceptors (Lipinski definition) is 9. The monoisotopic (exact) mass is 1040 g/mol. The highest BCUT2D eigenvalue weighted by Gasteiger charge is 2.72. The van der Waals surface area contributed by atoms with Gasteiger partial charge in [-0.1, -0.05) is 177 Å². The molecule has 4 aliphatic carbocycles. The van der Waals surface area contributed by atoms with Crippen molar-refractivity contribution in [2.45, 2.75) is 180 Å². The summed E-state index contributed by atoms with van der Waals surface area (Å²) in [6.45, 7) is 22.5. The van der Waals surface area contributed by atoms with E-state index < -0.39 is 52.3 Å². The van der Waals surface area contributed by atoms with Gasteiger partial charge in [0.15, 0.2) is 6.29 Å². The van der Waals surface area contributed by atoms with Crippen LogP contribution in [0.3, 0.4) is 0 Å². The molecule has 9 nitrogen and oxygen atoms in total. The topological polar surface area (TPSA) is 110 Å². The molecule has 74 heavy (non-hydrogen) atoms. The van der Waals surface area contributed by atoms with Gasteiger partial charge in [-0.2, -0.15) is 0 Å². The molecule has 11 heteroatoms. The number of benzene rings is 4. The number of aliphatic hydroxyl groups is 1. The maximum absolute atomic E-state index is 13.2. The van der Waals surface area contributed by atoms with Crippen molar-refractivity contribution in [2.75, 3.05) is 6.61 Å². The summed E-state index contributed by atoms with van der Waals surface area (Å²) in [5.41, 5.74) is -0.953. The van der Waals surface area contributed by atoms with Gasteiger partial charge in [0.1, 0.15) is 12.7 Å². The van der Waals surface area contributed by atoms with Crippen LogP contribution in [-0.2, 0) is 37.4 Å². The van der Waals surface area contributed by atoms with Crippen LogP contribution in [0, 0.1) is 34.5 Å². The van der Waals surface area contributed by atoms with E-state index in [1.165, 1.54) is 27.7 Å². The fourth-order valence-corrected chi connectivity index (χ4v) is 25.7. The fourth-order valence-electron chi connectivity index (χ4n) is 16.2. The summed E-state index contributed by atoms with van der Waals surface area (Å²) >= 11 is 0. The summed E-state index contributed by atoms with van der Waals surface area (Å²) in [5, 5.41) is 17.5. The van der Waals surface area contributed by atoms with Gasteiger partial charge in [0.25, 0.3) is 16.6 Å². The summed E-state index contributed by atoms with van der Waals surface area (Å²) in [7, 11) is -6.23. The number of carbonyl (C=O) groups is 2. The first-order valence-electron chi connectivity index (χ1n) is 27.8. The first-order valence-corrected chi connectivity index (χ1v) is 31.6. The van der Waals surface area contributed by atoms with E-state index >= 15 is 0 Å². The summed E-state index contributed by atoms with van der Waals surface area (Å²) in [4.78, 5) is 25.3. The van der Waals surface area contributed by atoms with E-state index in [4.69, 9.17) is 27.8 Å². The maximum atomic E-state index is 13.2. The highest BCUT2D eigenvalue weighted by Crippen LogP contribution is 2.70. The number of rotatable bonds is 12. The quantitative estimate of drug-likeness (QED) is 0.0843. The Balaban J connectivity index is 0.976. The molecule has 0 amide bonds. The third kappa shape index (κ3) is 8.86. The van der Waals surface area contributed by atoms with Crippen LogP contribution in [0.1, 0.15) is 127 Å². The number of hydrogen-bond donors (Lipinski definition) is 1. The van der Waals surface area contributed by atoms with Gasteiger partial charge in [-0.25, -0.2) is 4.79 Å². The van der Waals surface area contributed by atoms with Gasteiger partial charge in [0.05, 0.1) is 30.0 Å². The van der Waals surface area contributed by atoms with Crippen LogP contribution in [0.2, 0.25) is 10.1 Å². The van der Waals surface area contributed by atoms with Gasteiger partial charge in [-0.15, -0.1) is 0 Å². The summed E-state index contributed by atoms with van der Waals surface area (Å²) in [6, 6.07) is 43.6. The highest BCUT2D eigenvalue weighted by molar-refractivity contribution is 7.00. The number of carbonyl (C=O) groups excluding carboxylic acids is 2. The van der Waals surface area contributed by atoms with E-state index in [9.17, 15) is 14.7 Å². The molecule has 1 N–H and O–H groups in total. The Kier molecular flexibility index (Phi) is 14.4. The molecule has 0 radical (unpaired) electrons. The van der Waals surface area contributed by atoms with Gasteiger partial charge in [-0.05, 0) is 124 Å². The first kappa shape index (κ1) is 53.2. The number of cyclic esters (lactones) is 1. The van der Waals surface area contributed by atoms with Crippen molar-refractivity contribution >= 4 is 49.3 Å². The van der Waals surface area contributed by atoms with Gasteiger partial charge in [0, 0.05) is 24.8 Å². The smallest absolute Gasteiger partial charge is 0.331 e. The molecule has 0 aromatic heterocycles. The van der Waals surface area contributed by atoms with E-state index in [1.54, 1.807) is 6.08 Å². The lowest BCUT2D eigenvalue weighted by atomic mass is 9.42. The van der Waals surface area contributed by atoms with Gasteiger partial charge in [0.2, 0.25) is 0 Å². The van der Waals surface area contributed by atoms with Crippen molar-refractivity contribution in [1.82, 2.24) is 0 Å². The van der Waals surface area contributed by atoms with Crippen LogP contribution in [-0.4, -0.2) is 82.7 Å². The molecule has 4 saturated carbocycles. The zero-order chi connectivity index (χ0) is 52.5. The van der Waals surface area contributed by atoms with Crippen molar-refractivity contribution in [1.29, 1.82) is 0 Å². The van der Waals surface area contributed by atoms with Crippen LogP contribution in [0.5, 0.6) is 0 Å². The molecule has 10 rings (SSSR count). The van der Waals surface area contributed by atoms with E-state index in [0.29, 0.717) is 25.2 Å². The van der Waals surface area contributed by atoms with E-state index in [-0.39, 0.29) is 64.0 Å². The second-order valence-corrected chi connectivity index (χ2v) is 34.1. The first-order chi connectivity index (χ1) is 35.2. The van der Waals surface area contributed by atoms with Crippen LogP contribution < -0.4 is 20.7 Å². The zero-order valence-corrected chi connectivity index (χ0v) is 47.7. The van der Waals surface area contributed by atoms with Crippen LogP contribution in [0.4, 0.5) is 0 Å². The average molecular weight is 1040 g/mol. The molecule has 5 fully saturated rings. The zero-order valence-electron chi connectivity index (χ0n) is 45.7. The Morgan fingerprint density at radius 1 is 0.676 bits per heavy atom. The molecule has 0 bridgehead atoms. The Labute approximate surface area is 443 Å². The molecule has 0 unspecified atom stereocenters. The average Bonchev–Trinajstić information content (AvgIpc) is 3.93. The third-order valence-corrected chi connectivity index (χ3v) is 29.8. The molecule has 6 aliphatic rings. The summed E-state index contributed by atoms with van der Waals surface area (Å²) in [5.74, 6) is -0.198. The molecule has 2 heterocycles. The summed E-state index contributed by atoms with van der Waals surface area (Å²) in [6.07, 6.45) is 6.46. The number of fused-ring (bicyclic) bond motifs is 5. The normalized spacial score (nSPS) is 34.4. The van der Waals surface area contributed by atoms with E-state index in [1.807, 2.05) is 0 Å². The molecule has 396 valence electrons. The van der Waals surface area contributed by atoms with Crippen LogP contribution in [0.25, 0.3) is 0 Å². The molecule has 2 aliphatic heterocycles. The summed E-state index contributed by atoms with van der Waals surface area (Å²) < 4.78 is 42.6. The Morgan fingerprint density at radius 3 is 1.69 bits per heavy atom. The SMILES string of the molecule is CC(=O)O[C@@H]1C[C@H]2[C@@H](CC[C@@H]3C[C@@H](O[C@H]4C[C@H](O[Si](c5ccccc5)(c5ccccc5)C(C)(C)C)[C@H](O[Si](c5ccccc5)(c5ccccc5)C(C)(C)C)[C@@H](C)O4)CC[C@@]32C)[C@@]2(O)CC[C@H](C3=CC(=O)OC3)[C@@]12C. The maximum Gasteiger partial charge on any atom is 0.331 e. The molecule has 4 aromatic carbocycles. The molecular weight excluding hydrogens is 957 g/mol. The fraction of sp³-hybridized carbons (Fsp3) is 0.556.